The van der Waals surface area contributed by atoms with Gasteiger partial charge >= 0.3 is 0 Å². The van der Waals surface area contributed by atoms with E-state index in [1.807, 2.05) is 12.1 Å². The molecule has 0 N–H and O–H groups in total. The maximum Gasteiger partial charge on any atom is 0.111 e. The van der Waals surface area contributed by atoms with E-state index in [4.69, 9.17) is 28.2 Å². The lowest BCUT2D eigenvalue weighted by molar-refractivity contribution is 0.238. The van der Waals surface area contributed by atoms with E-state index >= 15 is 0 Å². The summed E-state index contributed by atoms with van der Waals surface area (Å²) in [5, 5.41) is 0.735. The van der Waals surface area contributed by atoms with Crippen molar-refractivity contribution >= 4 is 34.2 Å². The molecule has 1 aromatic heterocycles. The number of nitrogens with zero attached hydrogens (tertiary/aromatic N) is 2. The zero-order valence-electron chi connectivity index (χ0n) is 12.5. The van der Waals surface area contributed by atoms with Gasteiger partial charge in [-0.1, -0.05) is 37.4 Å². The molecule has 0 spiro atoms. The Hall–Kier alpha value is -0.730. The fourth-order valence-electron chi connectivity index (χ4n) is 3.70. The molecule has 2 nitrogen and oxygen atoms in total. The number of aromatic nitrogens is 2. The number of benzene rings is 1. The molecule has 0 bridgehead atoms. The number of alkyl halides is 1. The van der Waals surface area contributed by atoms with Gasteiger partial charge in [0.15, 0.2) is 0 Å². The Morgan fingerprint density at radius 1 is 1.29 bits per heavy atom. The number of imidazole rings is 1. The molecule has 2 aromatic rings. The van der Waals surface area contributed by atoms with Crippen molar-refractivity contribution in [3.8, 4) is 0 Å². The Labute approximate surface area is 136 Å². The molecule has 1 aliphatic rings. The fraction of sp³-hybridized carbons (Fsp3) is 0.588. The largest absolute Gasteiger partial charge is 0.327 e. The van der Waals surface area contributed by atoms with Crippen molar-refractivity contribution in [1.29, 1.82) is 0 Å². The van der Waals surface area contributed by atoms with Crippen LogP contribution in [0.4, 0.5) is 0 Å². The van der Waals surface area contributed by atoms with Crippen LogP contribution in [0, 0.1) is 5.41 Å². The summed E-state index contributed by atoms with van der Waals surface area (Å²) in [4.78, 5) is 4.76. The number of fused-ring (bicyclic) bond motifs is 1. The molecule has 0 atom stereocenters. The van der Waals surface area contributed by atoms with E-state index in [2.05, 4.69) is 17.6 Å². The molecule has 0 amide bonds. The molecule has 1 saturated carbocycles. The maximum atomic E-state index is 6.32. The van der Waals surface area contributed by atoms with Gasteiger partial charge in [-0.05, 0) is 36.8 Å². The summed E-state index contributed by atoms with van der Waals surface area (Å²) in [6, 6.07) is 6.06. The first-order chi connectivity index (χ1) is 10.2. The molecular formula is C17H22Cl2N2. The number of para-hydroxylation sites is 1. The Morgan fingerprint density at radius 3 is 2.71 bits per heavy atom. The van der Waals surface area contributed by atoms with Crippen molar-refractivity contribution in [2.24, 2.45) is 5.41 Å². The first-order valence-corrected chi connectivity index (χ1v) is 8.80. The first-order valence-electron chi connectivity index (χ1n) is 7.89. The Bertz CT molecular complexity index is 627. The Kier molecular flexibility index (Phi) is 4.46. The third-order valence-electron chi connectivity index (χ3n) is 5.03. The van der Waals surface area contributed by atoms with Crippen molar-refractivity contribution in [3.63, 3.8) is 0 Å². The fourth-order valence-corrected chi connectivity index (χ4v) is 4.08. The van der Waals surface area contributed by atoms with Crippen molar-refractivity contribution in [3.05, 3.63) is 29.0 Å². The van der Waals surface area contributed by atoms with Gasteiger partial charge in [-0.3, -0.25) is 0 Å². The van der Waals surface area contributed by atoms with Crippen LogP contribution in [0.3, 0.4) is 0 Å². The summed E-state index contributed by atoms with van der Waals surface area (Å²) in [5.41, 5.74) is 2.50. The molecule has 1 aliphatic carbocycles. The number of aryl methyl sites for hydroxylation is 1. The summed E-state index contributed by atoms with van der Waals surface area (Å²) in [5.74, 6) is 1.67. The van der Waals surface area contributed by atoms with Crippen LogP contribution in [-0.4, -0.2) is 15.4 Å². The number of halogens is 2. The number of hydrogen-bond acceptors (Lipinski definition) is 1. The van der Waals surface area contributed by atoms with Gasteiger partial charge in [-0.25, -0.2) is 4.98 Å². The van der Waals surface area contributed by atoms with E-state index < -0.39 is 0 Å². The molecule has 1 fully saturated rings. The topological polar surface area (TPSA) is 17.8 Å². The second-order valence-corrected chi connectivity index (χ2v) is 7.01. The second-order valence-electron chi connectivity index (χ2n) is 6.22. The monoisotopic (exact) mass is 324 g/mol. The molecule has 1 heterocycles. The highest BCUT2D eigenvalue weighted by Gasteiger charge is 2.33. The van der Waals surface area contributed by atoms with Gasteiger partial charge in [0, 0.05) is 18.8 Å². The molecule has 0 saturated heterocycles. The van der Waals surface area contributed by atoms with Gasteiger partial charge in [-0.15, -0.1) is 11.6 Å². The van der Waals surface area contributed by atoms with Crippen LogP contribution < -0.4 is 0 Å². The average Bonchev–Trinajstić information content (AvgIpc) is 3.08. The van der Waals surface area contributed by atoms with Crippen molar-refractivity contribution in [1.82, 2.24) is 9.55 Å². The maximum absolute atomic E-state index is 6.32. The highest BCUT2D eigenvalue weighted by atomic mass is 35.5. The molecule has 114 valence electrons. The number of hydrogen-bond donors (Lipinski definition) is 0. The van der Waals surface area contributed by atoms with Gasteiger partial charge < -0.3 is 4.57 Å². The van der Waals surface area contributed by atoms with Gasteiger partial charge in [0.1, 0.15) is 11.3 Å². The Balaban J connectivity index is 2.06. The third kappa shape index (κ3) is 2.80. The van der Waals surface area contributed by atoms with E-state index in [1.165, 1.54) is 32.1 Å². The van der Waals surface area contributed by atoms with Crippen LogP contribution in [0.2, 0.25) is 5.02 Å². The predicted molar refractivity (Wildman–Crippen MR) is 90.4 cm³/mol. The number of rotatable bonds is 5. The third-order valence-corrected chi connectivity index (χ3v) is 5.53. The van der Waals surface area contributed by atoms with Crippen LogP contribution >= 0.6 is 23.2 Å². The lowest BCUT2D eigenvalue weighted by Gasteiger charge is -2.29. The molecule has 0 unspecified atom stereocenters. The van der Waals surface area contributed by atoms with E-state index in [0.29, 0.717) is 11.3 Å². The summed E-state index contributed by atoms with van der Waals surface area (Å²) in [6.45, 7) is 3.37. The quantitative estimate of drug-likeness (QED) is 0.669. The first kappa shape index (κ1) is 15.2. The highest BCUT2D eigenvalue weighted by Crippen LogP contribution is 2.43. The standard InChI is InChI=1S/C17H22Cl2N2/c1-2-17(9-3-4-10-17)12-21-14-7-5-6-13(19)16(14)20-15(21)8-11-18/h5-7H,2-4,8-12H2,1H3. The van der Waals surface area contributed by atoms with Crippen molar-refractivity contribution in [2.45, 2.75) is 52.0 Å². The molecule has 0 aliphatic heterocycles. The molecule has 4 heteroatoms. The minimum atomic E-state index is 0.428. The normalized spacial score (nSPS) is 17.7. The van der Waals surface area contributed by atoms with Gasteiger partial charge in [0.2, 0.25) is 0 Å². The van der Waals surface area contributed by atoms with Crippen LogP contribution in [0.25, 0.3) is 11.0 Å². The van der Waals surface area contributed by atoms with E-state index in [1.54, 1.807) is 0 Å². The highest BCUT2D eigenvalue weighted by molar-refractivity contribution is 6.34. The molecule has 3 rings (SSSR count). The lowest BCUT2D eigenvalue weighted by atomic mass is 9.83. The van der Waals surface area contributed by atoms with Crippen LogP contribution in [0.5, 0.6) is 0 Å². The predicted octanol–water partition coefficient (Wildman–Crippen LogP) is 5.44. The summed E-state index contributed by atoms with van der Waals surface area (Å²) < 4.78 is 2.37. The SMILES string of the molecule is CCC1(Cn2c(CCCl)nc3c(Cl)cccc32)CCCC1. The molecular weight excluding hydrogens is 303 g/mol. The summed E-state index contributed by atoms with van der Waals surface area (Å²) >= 11 is 12.3. The zero-order chi connectivity index (χ0) is 14.9. The molecule has 0 radical (unpaired) electrons. The average molecular weight is 325 g/mol. The van der Waals surface area contributed by atoms with Gasteiger partial charge in [-0.2, -0.15) is 0 Å². The van der Waals surface area contributed by atoms with Crippen molar-refractivity contribution < 1.29 is 0 Å². The van der Waals surface area contributed by atoms with Crippen LogP contribution in [0.15, 0.2) is 18.2 Å². The van der Waals surface area contributed by atoms with E-state index in [9.17, 15) is 0 Å². The Morgan fingerprint density at radius 2 is 2.05 bits per heavy atom. The minimum Gasteiger partial charge on any atom is -0.327 e. The minimum absolute atomic E-state index is 0.428. The van der Waals surface area contributed by atoms with Crippen molar-refractivity contribution in [2.75, 3.05) is 5.88 Å². The van der Waals surface area contributed by atoms with Crippen LogP contribution in [0.1, 0.15) is 44.9 Å². The van der Waals surface area contributed by atoms with Gasteiger partial charge in [0.05, 0.1) is 10.5 Å². The molecule has 1 aromatic carbocycles. The van der Waals surface area contributed by atoms with Gasteiger partial charge in [0.25, 0.3) is 0 Å². The van der Waals surface area contributed by atoms with Crippen LogP contribution in [-0.2, 0) is 13.0 Å². The van der Waals surface area contributed by atoms with E-state index in [-0.39, 0.29) is 0 Å². The smallest absolute Gasteiger partial charge is 0.111 e. The lowest BCUT2D eigenvalue weighted by Crippen LogP contribution is -2.24. The summed E-state index contributed by atoms with van der Waals surface area (Å²) in [6.07, 6.45) is 7.38. The molecule has 21 heavy (non-hydrogen) atoms. The second kappa shape index (κ2) is 6.18. The summed E-state index contributed by atoms with van der Waals surface area (Å²) in [7, 11) is 0. The zero-order valence-corrected chi connectivity index (χ0v) is 14.1. The van der Waals surface area contributed by atoms with E-state index in [0.717, 1.165) is 34.8 Å².